The molecule has 0 amide bonds. The zero-order valence-electron chi connectivity index (χ0n) is 21.2. The average molecular weight is 614 g/mol. The van der Waals surface area contributed by atoms with Gasteiger partial charge in [0.1, 0.15) is 17.7 Å². The fourth-order valence-electron chi connectivity index (χ4n) is 4.34. The van der Waals surface area contributed by atoms with Crippen LogP contribution in [0.1, 0.15) is 31.4 Å². The van der Waals surface area contributed by atoms with Gasteiger partial charge in [0, 0.05) is 5.92 Å². The minimum atomic E-state index is -5.22. The zero-order valence-corrected chi connectivity index (χ0v) is 22.0. The number of carboxylic acid groups (broad SMARTS) is 1. The minimum Gasteiger partial charge on any atom is -0.486 e. The maximum Gasteiger partial charge on any atom is 0.427 e. The van der Waals surface area contributed by atoms with Crippen molar-refractivity contribution in [2.45, 2.75) is 55.6 Å². The number of benzene rings is 2. The summed E-state index contributed by atoms with van der Waals surface area (Å²) in [7, 11) is -4.87. The van der Waals surface area contributed by atoms with Crippen LogP contribution in [0.25, 0.3) is 0 Å². The van der Waals surface area contributed by atoms with Crippen LogP contribution in [0.2, 0.25) is 0 Å². The van der Waals surface area contributed by atoms with Gasteiger partial charge >= 0.3 is 24.3 Å². The van der Waals surface area contributed by atoms with Gasteiger partial charge in [-0.15, -0.1) is 0 Å². The summed E-state index contributed by atoms with van der Waals surface area (Å²) in [5.74, 6) is -5.76. The van der Waals surface area contributed by atoms with E-state index in [1.54, 1.807) is 0 Å². The third-order valence-corrected chi connectivity index (χ3v) is 8.56. The molecule has 2 aliphatic rings. The summed E-state index contributed by atoms with van der Waals surface area (Å²) in [4.78, 5) is 22.7. The van der Waals surface area contributed by atoms with Crippen LogP contribution in [0.15, 0.2) is 41.3 Å². The molecule has 0 aromatic heterocycles. The Labute approximate surface area is 228 Å². The van der Waals surface area contributed by atoms with Crippen molar-refractivity contribution in [2.24, 2.45) is 11.8 Å². The third kappa shape index (κ3) is 6.06. The number of carbonyl (C=O) groups excluding carboxylic acids is 1. The Morgan fingerprint density at radius 1 is 1.07 bits per heavy atom. The van der Waals surface area contributed by atoms with Crippen molar-refractivity contribution in [3.8, 4) is 5.75 Å². The number of esters is 1. The second kappa shape index (κ2) is 10.1. The number of aliphatic carboxylic acids is 1. The van der Waals surface area contributed by atoms with E-state index in [4.69, 9.17) is 4.74 Å². The smallest absolute Gasteiger partial charge is 0.427 e. The summed E-state index contributed by atoms with van der Waals surface area (Å²) >= 11 is 0. The van der Waals surface area contributed by atoms with Crippen LogP contribution in [-0.4, -0.2) is 49.9 Å². The van der Waals surface area contributed by atoms with Gasteiger partial charge in [-0.3, -0.25) is 13.9 Å². The first-order valence-electron chi connectivity index (χ1n) is 11.9. The van der Waals surface area contributed by atoms with Crippen molar-refractivity contribution in [1.29, 1.82) is 0 Å². The molecule has 1 aliphatic heterocycles. The number of hydrogen-bond acceptors (Lipinski definition) is 6. The molecule has 41 heavy (non-hydrogen) atoms. The molecule has 1 aliphatic carbocycles. The van der Waals surface area contributed by atoms with Crippen LogP contribution in [0.5, 0.6) is 5.75 Å². The van der Waals surface area contributed by atoms with E-state index in [1.165, 1.54) is 12.1 Å². The molecule has 0 unspecified atom stereocenters. The molecule has 1 N–H and O–H groups in total. The molecule has 0 radical (unpaired) electrons. The SMILES string of the molecule is CC(C)(OC(=O)Cc1ccc2c(c1)N(S(=O)(=O)c1ccc(F)c(C(F)(F)F)c1)C[C@H]([C@@H]1C[C@H]1C(=O)O)O2)C(F)(F)F. The van der Waals surface area contributed by atoms with E-state index in [9.17, 15) is 53.8 Å². The van der Waals surface area contributed by atoms with Crippen LogP contribution in [-0.2, 0) is 36.9 Å². The third-order valence-electron chi connectivity index (χ3n) is 6.78. The molecular weight excluding hydrogens is 591 g/mol. The van der Waals surface area contributed by atoms with E-state index in [0.717, 1.165) is 6.07 Å². The second-order valence-corrected chi connectivity index (χ2v) is 12.0. The summed E-state index contributed by atoms with van der Waals surface area (Å²) in [5, 5.41) is 9.29. The van der Waals surface area contributed by atoms with E-state index in [-0.39, 0.29) is 29.5 Å². The van der Waals surface area contributed by atoms with Crippen molar-refractivity contribution in [3.05, 3.63) is 53.3 Å². The molecule has 3 atom stereocenters. The second-order valence-electron chi connectivity index (χ2n) is 10.1. The van der Waals surface area contributed by atoms with Crippen molar-refractivity contribution >= 4 is 27.6 Å². The van der Waals surface area contributed by atoms with Crippen molar-refractivity contribution < 1.29 is 63.3 Å². The van der Waals surface area contributed by atoms with Crippen molar-refractivity contribution in [3.63, 3.8) is 0 Å². The Morgan fingerprint density at radius 3 is 2.29 bits per heavy atom. The minimum absolute atomic E-state index is 0.0149. The summed E-state index contributed by atoms with van der Waals surface area (Å²) in [6.07, 6.45) is -11.7. The molecular formula is C25H22F7NO7S. The molecule has 0 saturated heterocycles. The Hall–Kier alpha value is -3.56. The summed E-state index contributed by atoms with van der Waals surface area (Å²) in [5.41, 5.74) is -4.94. The number of carbonyl (C=O) groups is 2. The van der Waals surface area contributed by atoms with Crippen molar-refractivity contribution in [1.82, 2.24) is 0 Å². The van der Waals surface area contributed by atoms with Gasteiger partial charge < -0.3 is 14.6 Å². The van der Waals surface area contributed by atoms with E-state index in [1.807, 2.05) is 0 Å². The number of halogens is 7. The lowest BCUT2D eigenvalue weighted by Gasteiger charge is -2.36. The highest BCUT2D eigenvalue weighted by Crippen LogP contribution is 2.48. The predicted octanol–water partition coefficient (Wildman–Crippen LogP) is 4.95. The van der Waals surface area contributed by atoms with E-state index in [0.29, 0.717) is 30.3 Å². The number of hydrogen-bond donors (Lipinski definition) is 1. The van der Waals surface area contributed by atoms with Gasteiger partial charge in [-0.25, -0.2) is 12.8 Å². The maximum atomic E-state index is 13.9. The first kappa shape index (κ1) is 30.4. The van der Waals surface area contributed by atoms with Crippen LogP contribution in [0.4, 0.5) is 36.4 Å². The molecule has 0 spiro atoms. The summed E-state index contributed by atoms with van der Waals surface area (Å²) in [6.45, 7) is 0.734. The lowest BCUT2D eigenvalue weighted by Crippen LogP contribution is -2.45. The number of carboxylic acids is 1. The van der Waals surface area contributed by atoms with Crippen molar-refractivity contribution in [2.75, 3.05) is 10.8 Å². The molecule has 0 bridgehead atoms. The maximum absolute atomic E-state index is 13.9. The number of rotatable bonds is 7. The molecule has 1 fully saturated rings. The van der Waals surface area contributed by atoms with E-state index in [2.05, 4.69) is 4.74 Å². The molecule has 1 saturated carbocycles. The highest BCUT2D eigenvalue weighted by molar-refractivity contribution is 7.92. The van der Waals surface area contributed by atoms with E-state index >= 15 is 0 Å². The topological polar surface area (TPSA) is 110 Å². The molecule has 2 aromatic rings. The van der Waals surface area contributed by atoms with Crippen LogP contribution >= 0.6 is 0 Å². The monoisotopic (exact) mass is 613 g/mol. The van der Waals surface area contributed by atoms with Gasteiger partial charge in [-0.1, -0.05) is 6.07 Å². The first-order valence-corrected chi connectivity index (χ1v) is 13.4. The van der Waals surface area contributed by atoms with Crippen LogP contribution in [0.3, 0.4) is 0 Å². The fraction of sp³-hybridized carbons (Fsp3) is 0.440. The average Bonchev–Trinajstić information content (AvgIpc) is 3.63. The highest BCUT2D eigenvalue weighted by Gasteiger charge is 2.53. The van der Waals surface area contributed by atoms with Crippen LogP contribution in [0, 0.1) is 17.7 Å². The van der Waals surface area contributed by atoms with Gasteiger partial charge in [-0.2, -0.15) is 26.3 Å². The number of fused-ring (bicyclic) bond motifs is 1. The van der Waals surface area contributed by atoms with Crippen LogP contribution < -0.4 is 9.04 Å². The Morgan fingerprint density at radius 2 is 1.73 bits per heavy atom. The standard InChI is InChI=1S/C25H22F7NO7S/c1-23(2,25(30,31)32)40-21(34)8-12-3-6-19-18(7-12)33(11-20(39-19)14-10-15(14)22(35)36)41(37,38)13-4-5-17(26)16(9-13)24(27,28)29/h3-7,9,14-15,20H,8,10-11H2,1-2H3,(H,35,36)/t14-,15-,20-/m1/s1. The number of sulfonamides is 1. The van der Waals surface area contributed by atoms with E-state index < -0.39 is 87.1 Å². The fourth-order valence-corrected chi connectivity index (χ4v) is 5.85. The zero-order chi connectivity index (χ0) is 30.7. The molecule has 4 rings (SSSR count). The Balaban J connectivity index is 1.72. The Bertz CT molecular complexity index is 1490. The normalized spacial score (nSPS) is 21.1. The lowest BCUT2D eigenvalue weighted by atomic mass is 10.1. The van der Waals surface area contributed by atoms with Gasteiger partial charge in [0.25, 0.3) is 10.0 Å². The number of anilines is 1. The van der Waals surface area contributed by atoms with Gasteiger partial charge in [0.15, 0.2) is 0 Å². The highest BCUT2D eigenvalue weighted by atomic mass is 32.2. The predicted molar refractivity (Wildman–Crippen MR) is 126 cm³/mol. The summed E-state index contributed by atoms with van der Waals surface area (Å²) in [6, 6.07) is 4.61. The molecule has 1 heterocycles. The first-order chi connectivity index (χ1) is 18.7. The van der Waals surface area contributed by atoms with Gasteiger partial charge in [0.2, 0.25) is 5.60 Å². The molecule has 224 valence electrons. The Kier molecular flexibility index (Phi) is 7.46. The lowest BCUT2D eigenvalue weighted by molar-refractivity contribution is -0.257. The quantitative estimate of drug-likeness (QED) is 0.348. The molecule has 2 aromatic carbocycles. The number of ether oxygens (including phenoxy) is 2. The molecule has 16 heteroatoms. The number of nitrogens with zero attached hydrogens (tertiary/aromatic N) is 1. The summed E-state index contributed by atoms with van der Waals surface area (Å²) < 4.78 is 131. The number of alkyl halides is 6. The largest absolute Gasteiger partial charge is 0.486 e. The molecule has 8 nitrogen and oxygen atoms in total. The van der Waals surface area contributed by atoms with Gasteiger partial charge in [-0.05, 0) is 56.2 Å². The van der Waals surface area contributed by atoms with Gasteiger partial charge in [0.05, 0.1) is 35.0 Å².